The third kappa shape index (κ3) is 4.00. The maximum Gasteiger partial charge on any atom is 0.245 e. The van der Waals surface area contributed by atoms with Crippen LogP contribution in [0.15, 0.2) is 47.4 Å². The number of fused-ring (bicyclic) bond motifs is 1. The lowest BCUT2D eigenvalue weighted by molar-refractivity contribution is -0.120. The SMILES string of the molecule is O=C(Nc1nc2ccccc2s1)C1CCN(S(=O)(=O)c2ccc(F)cc2F)CC1. The third-order valence-corrected chi connectivity index (χ3v) is 7.74. The minimum absolute atomic E-state index is 0.0804. The van der Waals surface area contributed by atoms with Crippen molar-refractivity contribution >= 4 is 42.6 Å². The van der Waals surface area contributed by atoms with Gasteiger partial charge in [-0.15, -0.1) is 0 Å². The number of benzene rings is 2. The first-order chi connectivity index (χ1) is 13.8. The van der Waals surface area contributed by atoms with Crippen LogP contribution in [-0.4, -0.2) is 36.7 Å². The fourth-order valence-corrected chi connectivity index (χ4v) is 5.70. The molecule has 6 nitrogen and oxygen atoms in total. The highest BCUT2D eigenvalue weighted by Gasteiger charge is 2.33. The molecule has 0 spiro atoms. The number of nitrogens with one attached hydrogen (secondary N) is 1. The number of rotatable bonds is 4. The molecule has 0 saturated carbocycles. The van der Waals surface area contributed by atoms with E-state index in [1.807, 2.05) is 24.3 Å². The third-order valence-electron chi connectivity index (χ3n) is 4.86. The molecular weight excluding hydrogens is 420 g/mol. The summed E-state index contributed by atoms with van der Waals surface area (Å²) in [5.74, 6) is -2.55. The van der Waals surface area contributed by atoms with Crippen molar-refractivity contribution in [1.29, 1.82) is 0 Å². The second-order valence-electron chi connectivity index (χ2n) is 6.73. The first-order valence-corrected chi connectivity index (χ1v) is 11.2. The molecule has 2 heterocycles. The van der Waals surface area contributed by atoms with Crippen molar-refractivity contribution in [2.45, 2.75) is 17.7 Å². The lowest BCUT2D eigenvalue weighted by atomic mass is 9.97. The quantitative estimate of drug-likeness (QED) is 0.676. The number of halogens is 2. The van der Waals surface area contributed by atoms with E-state index in [1.165, 1.54) is 11.3 Å². The molecule has 1 amide bonds. The zero-order valence-electron chi connectivity index (χ0n) is 15.1. The number of para-hydroxylation sites is 1. The number of amides is 1. The molecule has 1 saturated heterocycles. The van der Waals surface area contributed by atoms with Gasteiger partial charge in [0.2, 0.25) is 15.9 Å². The van der Waals surface area contributed by atoms with Crippen molar-refractivity contribution in [3.63, 3.8) is 0 Å². The number of carbonyl (C=O) groups is 1. The maximum absolute atomic E-state index is 13.9. The molecule has 152 valence electrons. The normalized spacial score (nSPS) is 16.2. The van der Waals surface area contributed by atoms with Crippen LogP contribution in [-0.2, 0) is 14.8 Å². The summed E-state index contributed by atoms with van der Waals surface area (Å²) < 4.78 is 54.4. The van der Waals surface area contributed by atoms with Crippen molar-refractivity contribution < 1.29 is 22.0 Å². The summed E-state index contributed by atoms with van der Waals surface area (Å²) in [6.45, 7) is 0.161. The lowest BCUT2D eigenvalue weighted by Crippen LogP contribution is -2.41. The second-order valence-corrected chi connectivity index (χ2v) is 9.67. The Morgan fingerprint density at radius 2 is 1.86 bits per heavy atom. The predicted octanol–water partition coefficient (Wildman–Crippen LogP) is 3.61. The van der Waals surface area contributed by atoms with Crippen LogP contribution in [0.3, 0.4) is 0 Å². The Labute approximate surface area is 170 Å². The van der Waals surface area contributed by atoms with Crippen LogP contribution in [0.25, 0.3) is 10.2 Å². The predicted molar refractivity (Wildman–Crippen MR) is 106 cm³/mol. The molecule has 1 aliphatic heterocycles. The second kappa shape index (κ2) is 7.77. The number of anilines is 1. The Morgan fingerprint density at radius 3 is 2.55 bits per heavy atom. The van der Waals surface area contributed by atoms with Gasteiger partial charge in [-0.25, -0.2) is 22.2 Å². The summed E-state index contributed by atoms with van der Waals surface area (Å²) in [7, 11) is -4.09. The van der Waals surface area contributed by atoms with Crippen LogP contribution in [0.2, 0.25) is 0 Å². The molecule has 0 unspecified atom stereocenters. The van der Waals surface area contributed by atoms with E-state index in [9.17, 15) is 22.0 Å². The van der Waals surface area contributed by atoms with E-state index in [1.54, 1.807) is 0 Å². The van der Waals surface area contributed by atoms with Gasteiger partial charge >= 0.3 is 0 Å². The summed E-state index contributed by atoms with van der Waals surface area (Å²) in [4.78, 5) is 16.4. The molecular formula is C19H17F2N3O3S2. The molecule has 0 radical (unpaired) electrons. The van der Waals surface area contributed by atoms with Gasteiger partial charge in [0.25, 0.3) is 0 Å². The standard InChI is InChI=1S/C19H17F2N3O3S2/c20-13-5-6-17(14(21)11-13)29(26,27)24-9-7-12(8-10-24)18(25)23-19-22-15-3-1-2-4-16(15)28-19/h1-6,11-12H,7-10H2,(H,22,23,25). The molecule has 0 bridgehead atoms. The number of piperidine rings is 1. The zero-order valence-corrected chi connectivity index (χ0v) is 16.8. The van der Waals surface area contributed by atoms with Crippen LogP contribution >= 0.6 is 11.3 Å². The summed E-state index contributed by atoms with van der Waals surface area (Å²) in [5.41, 5.74) is 0.801. The van der Waals surface area contributed by atoms with E-state index in [2.05, 4.69) is 10.3 Å². The summed E-state index contributed by atoms with van der Waals surface area (Å²) in [6.07, 6.45) is 0.609. The van der Waals surface area contributed by atoms with Crippen LogP contribution < -0.4 is 5.32 Å². The van der Waals surface area contributed by atoms with E-state index in [4.69, 9.17) is 0 Å². The molecule has 1 N–H and O–H groups in total. The Hall–Kier alpha value is -2.43. The number of hydrogen-bond acceptors (Lipinski definition) is 5. The zero-order chi connectivity index (χ0) is 20.6. The highest BCUT2D eigenvalue weighted by molar-refractivity contribution is 7.89. The van der Waals surface area contributed by atoms with Gasteiger partial charge < -0.3 is 5.32 Å². The average molecular weight is 437 g/mol. The van der Waals surface area contributed by atoms with Gasteiger partial charge in [-0.1, -0.05) is 23.5 Å². The van der Waals surface area contributed by atoms with Gasteiger partial charge in [-0.2, -0.15) is 4.31 Å². The fourth-order valence-electron chi connectivity index (χ4n) is 3.31. The first kappa shape index (κ1) is 19.9. The smallest absolute Gasteiger partial charge is 0.245 e. The van der Waals surface area contributed by atoms with E-state index < -0.39 is 26.6 Å². The van der Waals surface area contributed by atoms with E-state index in [-0.39, 0.29) is 24.9 Å². The minimum atomic E-state index is -4.09. The number of thiazole rings is 1. The molecule has 2 aromatic carbocycles. The van der Waals surface area contributed by atoms with Crippen LogP contribution in [0.1, 0.15) is 12.8 Å². The Kier molecular flexibility index (Phi) is 5.32. The number of aromatic nitrogens is 1. The largest absolute Gasteiger partial charge is 0.302 e. The van der Waals surface area contributed by atoms with Gasteiger partial charge in [0.05, 0.1) is 10.2 Å². The van der Waals surface area contributed by atoms with Crippen LogP contribution in [0, 0.1) is 17.6 Å². The summed E-state index contributed by atoms with van der Waals surface area (Å²) in [5, 5.41) is 3.30. The van der Waals surface area contributed by atoms with E-state index >= 15 is 0 Å². The fraction of sp³-hybridized carbons (Fsp3) is 0.263. The molecule has 3 aromatic rings. The molecule has 0 atom stereocenters. The first-order valence-electron chi connectivity index (χ1n) is 8.96. The number of carbonyl (C=O) groups excluding carboxylic acids is 1. The number of hydrogen-bond donors (Lipinski definition) is 1. The van der Waals surface area contributed by atoms with Crippen molar-refractivity contribution in [3.05, 3.63) is 54.1 Å². The van der Waals surface area contributed by atoms with Gasteiger partial charge in [-0.3, -0.25) is 4.79 Å². The van der Waals surface area contributed by atoms with E-state index in [0.717, 1.165) is 26.7 Å². The molecule has 10 heteroatoms. The summed E-state index contributed by atoms with van der Waals surface area (Å²) >= 11 is 1.37. The minimum Gasteiger partial charge on any atom is -0.302 e. The Morgan fingerprint density at radius 1 is 1.14 bits per heavy atom. The van der Waals surface area contributed by atoms with E-state index in [0.29, 0.717) is 24.0 Å². The summed E-state index contributed by atoms with van der Waals surface area (Å²) in [6, 6.07) is 9.92. The molecule has 1 aromatic heterocycles. The highest BCUT2D eigenvalue weighted by Crippen LogP contribution is 2.29. The molecule has 0 aliphatic carbocycles. The molecule has 29 heavy (non-hydrogen) atoms. The Bertz CT molecular complexity index is 1140. The van der Waals surface area contributed by atoms with Crippen molar-refractivity contribution in [3.8, 4) is 0 Å². The monoisotopic (exact) mass is 437 g/mol. The maximum atomic E-state index is 13.9. The average Bonchev–Trinajstić information content (AvgIpc) is 3.10. The number of sulfonamides is 1. The van der Waals surface area contributed by atoms with Crippen molar-refractivity contribution in [2.75, 3.05) is 18.4 Å². The molecule has 4 rings (SSSR count). The number of nitrogens with zero attached hydrogens (tertiary/aromatic N) is 2. The van der Waals surface area contributed by atoms with Crippen molar-refractivity contribution in [2.24, 2.45) is 5.92 Å². The van der Waals surface area contributed by atoms with Gasteiger partial charge in [0, 0.05) is 25.1 Å². The van der Waals surface area contributed by atoms with Gasteiger partial charge in [-0.05, 0) is 37.1 Å². The highest BCUT2D eigenvalue weighted by atomic mass is 32.2. The van der Waals surface area contributed by atoms with Crippen molar-refractivity contribution in [1.82, 2.24) is 9.29 Å². The molecule has 1 fully saturated rings. The van der Waals surface area contributed by atoms with Crippen LogP contribution in [0.4, 0.5) is 13.9 Å². The topological polar surface area (TPSA) is 79.4 Å². The van der Waals surface area contributed by atoms with Gasteiger partial charge in [0.15, 0.2) is 5.13 Å². The lowest BCUT2D eigenvalue weighted by Gasteiger charge is -2.30. The molecule has 1 aliphatic rings. The van der Waals surface area contributed by atoms with Gasteiger partial charge in [0.1, 0.15) is 16.5 Å². The Balaban J connectivity index is 1.41. The van der Waals surface area contributed by atoms with Crippen LogP contribution in [0.5, 0.6) is 0 Å².